The van der Waals surface area contributed by atoms with E-state index in [0.29, 0.717) is 0 Å². The molecule has 0 unspecified atom stereocenters. The highest BCUT2D eigenvalue weighted by Crippen LogP contribution is 2.23. The molecule has 1 aromatic heterocycles. The molecular weight excluding hydrogens is 524 g/mol. The lowest BCUT2D eigenvalue weighted by atomic mass is 10.2. The molecule has 1 fully saturated rings. The van der Waals surface area contributed by atoms with Gasteiger partial charge in [-0.2, -0.15) is 22.7 Å². The summed E-state index contributed by atoms with van der Waals surface area (Å²) in [6, 6.07) is 4.18. The van der Waals surface area contributed by atoms with E-state index < -0.39 is 59.9 Å². The molecule has 1 saturated heterocycles. The lowest BCUT2D eigenvalue weighted by molar-refractivity contribution is -0.144. The summed E-state index contributed by atoms with van der Waals surface area (Å²) in [5, 5.41) is -0.831. The third-order valence-corrected chi connectivity index (χ3v) is 8.05. The Hall–Kier alpha value is -2.95. The van der Waals surface area contributed by atoms with Crippen LogP contribution in [0.25, 0.3) is 0 Å². The quantitative estimate of drug-likeness (QED) is 0.329. The lowest BCUT2D eigenvalue weighted by Gasteiger charge is -2.33. The lowest BCUT2D eigenvalue weighted by Crippen LogP contribution is -2.51. The van der Waals surface area contributed by atoms with Crippen LogP contribution in [-0.2, 0) is 35.3 Å². The van der Waals surface area contributed by atoms with Crippen LogP contribution in [0.15, 0.2) is 29.4 Å². The number of halogens is 2. The van der Waals surface area contributed by atoms with Gasteiger partial charge in [0, 0.05) is 37.8 Å². The molecule has 0 radical (unpaired) electrons. The van der Waals surface area contributed by atoms with Crippen LogP contribution < -0.4 is 9.46 Å². The number of carbonyl (C=O) groups excluding carboxylic acids is 1. The van der Waals surface area contributed by atoms with Crippen molar-refractivity contribution in [1.82, 2.24) is 19.2 Å². The van der Waals surface area contributed by atoms with Crippen molar-refractivity contribution in [2.24, 2.45) is 0 Å². The number of sulfone groups is 1. The number of ether oxygens (including phenoxy) is 2. The molecule has 0 spiro atoms. The van der Waals surface area contributed by atoms with Crippen molar-refractivity contribution in [3.05, 3.63) is 41.5 Å². The number of esters is 1. The van der Waals surface area contributed by atoms with Gasteiger partial charge < -0.3 is 9.47 Å². The molecule has 0 amide bonds. The molecule has 2 heterocycles. The van der Waals surface area contributed by atoms with E-state index in [2.05, 4.69) is 14.7 Å². The Bertz CT molecular complexity index is 1320. The second kappa shape index (κ2) is 11.4. The molecule has 198 valence electrons. The van der Waals surface area contributed by atoms with E-state index >= 15 is 0 Å². The van der Waals surface area contributed by atoms with Crippen molar-refractivity contribution in [1.29, 1.82) is 0 Å². The van der Waals surface area contributed by atoms with E-state index in [4.69, 9.17) is 9.47 Å². The number of hydrogen-bond acceptors (Lipinski definition) is 10. The van der Waals surface area contributed by atoms with Crippen molar-refractivity contribution >= 4 is 31.8 Å². The van der Waals surface area contributed by atoms with E-state index in [1.54, 1.807) is 11.8 Å². The van der Waals surface area contributed by atoms with Crippen LogP contribution in [0, 0.1) is 11.6 Å². The normalized spacial score (nSPS) is 15.4. The summed E-state index contributed by atoms with van der Waals surface area (Å²) in [6.07, 6.45) is 0. The molecule has 1 aliphatic heterocycles. The van der Waals surface area contributed by atoms with Crippen LogP contribution in [0.1, 0.15) is 12.5 Å². The Morgan fingerprint density at radius 2 is 1.81 bits per heavy atom. The number of benzene rings is 1. The first-order chi connectivity index (χ1) is 16.9. The van der Waals surface area contributed by atoms with E-state index in [1.165, 1.54) is 7.11 Å². The first-order valence-electron chi connectivity index (χ1n) is 10.7. The van der Waals surface area contributed by atoms with Gasteiger partial charge in [0.05, 0.1) is 26.0 Å². The fourth-order valence-corrected chi connectivity index (χ4v) is 5.71. The van der Waals surface area contributed by atoms with Gasteiger partial charge in [-0.15, -0.1) is 0 Å². The summed E-state index contributed by atoms with van der Waals surface area (Å²) < 4.78 is 92.1. The van der Waals surface area contributed by atoms with Gasteiger partial charge in [-0.1, -0.05) is 12.1 Å². The Balaban J connectivity index is 1.76. The minimum atomic E-state index is -4.42. The van der Waals surface area contributed by atoms with Gasteiger partial charge in [-0.05, 0) is 13.0 Å². The molecule has 1 aromatic carbocycles. The van der Waals surface area contributed by atoms with Gasteiger partial charge in [-0.25, -0.2) is 17.2 Å². The van der Waals surface area contributed by atoms with Gasteiger partial charge in [0.1, 0.15) is 5.82 Å². The number of nitrogens with one attached hydrogen (secondary N) is 1. The monoisotopic (exact) mass is 549 g/mol. The molecule has 0 aliphatic carbocycles. The maximum atomic E-state index is 14.0. The molecule has 1 aliphatic rings. The summed E-state index contributed by atoms with van der Waals surface area (Å²) in [5.74, 6) is -4.57. The number of rotatable bonds is 10. The molecule has 12 nitrogen and oxygen atoms in total. The minimum absolute atomic E-state index is 0.0331. The average molecular weight is 550 g/mol. The van der Waals surface area contributed by atoms with Gasteiger partial charge in [0.15, 0.2) is 11.6 Å². The van der Waals surface area contributed by atoms with E-state index in [0.717, 1.165) is 28.6 Å². The van der Waals surface area contributed by atoms with Gasteiger partial charge >= 0.3 is 16.2 Å². The second-order valence-corrected chi connectivity index (χ2v) is 11.2. The number of hydrogen-bond donors (Lipinski definition) is 1. The largest absolute Gasteiger partial charge is 0.481 e. The zero-order valence-electron chi connectivity index (χ0n) is 19.5. The Morgan fingerprint density at radius 1 is 1.11 bits per heavy atom. The number of nitrogens with zero attached hydrogens (tertiary/aromatic N) is 4. The summed E-state index contributed by atoms with van der Waals surface area (Å²) in [4.78, 5) is 20.9. The second-order valence-electron chi connectivity index (χ2n) is 7.64. The zero-order valence-corrected chi connectivity index (χ0v) is 21.1. The number of methoxy groups -OCH3 is 1. The van der Waals surface area contributed by atoms with Crippen LogP contribution in [-0.4, -0.2) is 88.4 Å². The maximum Gasteiger partial charge on any atom is 0.320 e. The van der Waals surface area contributed by atoms with Crippen LogP contribution in [0.4, 0.5) is 14.6 Å². The maximum absolute atomic E-state index is 14.0. The van der Waals surface area contributed by atoms with Gasteiger partial charge in [-0.3, -0.25) is 14.4 Å². The van der Waals surface area contributed by atoms with Crippen LogP contribution in [0.5, 0.6) is 5.88 Å². The number of piperazine rings is 1. The molecule has 2 aromatic rings. The smallest absolute Gasteiger partial charge is 0.320 e. The highest BCUT2D eigenvalue weighted by molar-refractivity contribution is 7.90. The van der Waals surface area contributed by atoms with E-state index in [-0.39, 0.29) is 45.2 Å². The van der Waals surface area contributed by atoms with E-state index in [1.807, 2.05) is 0 Å². The standard InChI is InChI=1S/C20H25F2N5O7S2/c1-3-34-18(28)12-26-7-9-27(10-8-26)36(31,32)25-16-11-17(33-2)24-20(23-16)35(29,30)13-14-5-4-6-15(21)19(14)22/h4-6,11H,3,7-10,12-13H2,1-2H3,(H,23,24,25). The fraction of sp³-hybridized carbons (Fsp3) is 0.450. The molecule has 0 bridgehead atoms. The zero-order chi connectivity index (χ0) is 26.5. The van der Waals surface area contributed by atoms with Crippen LogP contribution in [0.3, 0.4) is 0 Å². The Labute approximate surface area is 207 Å². The highest BCUT2D eigenvalue weighted by Gasteiger charge is 2.30. The van der Waals surface area contributed by atoms with Crippen molar-refractivity contribution < 1.29 is 39.9 Å². The molecule has 0 saturated carbocycles. The van der Waals surface area contributed by atoms with Crippen molar-refractivity contribution in [3.63, 3.8) is 0 Å². The van der Waals surface area contributed by atoms with E-state index in [9.17, 15) is 30.4 Å². The Morgan fingerprint density at radius 3 is 2.44 bits per heavy atom. The highest BCUT2D eigenvalue weighted by atomic mass is 32.2. The fourth-order valence-electron chi connectivity index (χ4n) is 3.34. The number of anilines is 1. The molecule has 36 heavy (non-hydrogen) atoms. The average Bonchev–Trinajstić information content (AvgIpc) is 2.82. The third-order valence-electron chi connectivity index (χ3n) is 5.11. The minimum Gasteiger partial charge on any atom is -0.481 e. The summed E-state index contributed by atoms with van der Waals surface area (Å²) in [6.45, 7) is 2.62. The van der Waals surface area contributed by atoms with Gasteiger partial charge in [0.2, 0.25) is 15.7 Å². The molecule has 1 N–H and O–H groups in total. The van der Waals surface area contributed by atoms with Gasteiger partial charge in [0.25, 0.3) is 5.16 Å². The molecule has 0 atom stereocenters. The summed E-state index contributed by atoms with van der Waals surface area (Å²) >= 11 is 0. The summed E-state index contributed by atoms with van der Waals surface area (Å²) in [5.41, 5.74) is -0.441. The SMILES string of the molecule is CCOC(=O)CN1CCN(S(=O)(=O)Nc2cc(OC)nc(S(=O)(=O)Cc3cccc(F)c3F)n2)CC1. The first-order valence-corrected chi connectivity index (χ1v) is 13.8. The topological polar surface area (TPSA) is 148 Å². The first kappa shape index (κ1) is 27.6. The molecule has 3 rings (SSSR count). The predicted molar refractivity (Wildman–Crippen MR) is 123 cm³/mol. The number of carbonyl (C=O) groups is 1. The van der Waals surface area contributed by atoms with Crippen LogP contribution in [0.2, 0.25) is 0 Å². The van der Waals surface area contributed by atoms with Crippen molar-refractivity contribution in [2.75, 3.05) is 51.2 Å². The molecular formula is C20H25F2N5O7S2. The Kier molecular flexibility index (Phi) is 8.76. The summed E-state index contributed by atoms with van der Waals surface area (Å²) in [7, 11) is -7.40. The predicted octanol–water partition coefficient (Wildman–Crippen LogP) is 0.575. The third kappa shape index (κ3) is 6.83. The van der Waals surface area contributed by atoms with Crippen LogP contribution >= 0.6 is 0 Å². The van der Waals surface area contributed by atoms with Crippen molar-refractivity contribution in [2.45, 2.75) is 17.8 Å². The molecule has 16 heteroatoms. The van der Waals surface area contributed by atoms with Crippen molar-refractivity contribution in [3.8, 4) is 5.88 Å². The number of aromatic nitrogens is 2.